The van der Waals surface area contributed by atoms with Crippen LogP contribution in [-0.4, -0.2) is 24.2 Å². The monoisotopic (exact) mass is 350 g/mol. The van der Waals surface area contributed by atoms with E-state index < -0.39 is 11.8 Å². The van der Waals surface area contributed by atoms with E-state index >= 15 is 0 Å². The van der Waals surface area contributed by atoms with Crippen LogP contribution in [0.15, 0.2) is 80.1 Å². The molecule has 2 aromatic heterocycles. The van der Waals surface area contributed by atoms with Crippen molar-refractivity contribution in [1.29, 1.82) is 0 Å². The van der Waals surface area contributed by atoms with Gasteiger partial charge in [-0.25, -0.2) is 10.9 Å². The molecule has 0 atom stereocenters. The maximum Gasteiger partial charge on any atom is 0.271 e. The normalized spacial score (nSPS) is 11.1. The topological polar surface area (TPSA) is 109 Å². The minimum absolute atomic E-state index is 0.359. The Kier molecular flexibility index (Phi) is 5.36. The molecule has 0 aliphatic heterocycles. The summed E-state index contributed by atoms with van der Waals surface area (Å²) in [6.45, 7) is 0. The predicted molar refractivity (Wildman–Crippen MR) is 94.0 cm³/mol. The lowest BCUT2D eigenvalue weighted by molar-refractivity contribution is 0.0943. The number of nitrogens with one attached hydrogen (secondary N) is 2. The number of benzene rings is 1. The first-order chi connectivity index (χ1) is 12.7. The molecule has 0 saturated carbocycles. The Balaban J connectivity index is 1.53. The Bertz CT molecular complexity index is 834. The van der Waals surface area contributed by atoms with Crippen LogP contribution in [0.1, 0.15) is 32.2 Å². The van der Waals surface area contributed by atoms with Crippen molar-refractivity contribution in [3.63, 3.8) is 0 Å². The average molecular weight is 350 g/mol. The molecule has 0 spiro atoms. The summed E-state index contributed by atoms with van der Waals surface area (Å²) in [5.41, 5.74) is 5.46. The Hall–Kier alpha value is -3.94. The molecule has 3 aromatic rings. The molecule has 0 saturated heterocycles. The molecule has 8 nitrogen and oxygen atoms in total. The molecule has 0 aliphatic rings. The van der Waals surface area contributed by atoms with Crippen molar-refractivity contribution >= 4 is 24.2 Å². The number of carbonyl (C=O) groups is 2. The summed E-state index contributed by atoms with van der Waals surface area (Å²) in [6, 6.07) is 12.9. The first kappa shape index (κ1) is 16.9. The minimum Gasteiger partial charge on any atom is -0.463 e. The van der Waals surface area contributed by atoms with E-state index in [2.05, 4.69) is 21.1 Å². The fourth-order valence-electron chi connectivity index (χ4n) is 1.94. The molecule has 0 radical (unpaired) electrons. The molecular weight excluding hydrogens is 336 g/mol. The molecule has 1 aromatic carbocycles. The predicted octanol–water partition coefficient (Wildman–Crippen LogP) is 2.40. The van der Waals surface area contributed by atoms with E-state index in [0.717, 1.165) is 0 Å². The quantitative estimate of drug-likeness (QED) is 0.525. The fraction of sp³-hybridized carbons (Fsp3) is 0. The van der Waals surface area contributed by atoms with Gasteiger partial charge in [-0.1, -0.05) is 0 Å². The minimum atomic E-state index is -0.407. The van der Waals surface area contributed by atoms with Gasteiger partial charge in [-0.15, -0.1) is 0 Å². The van der Waals surface area contributed by atoms with Crippen molar-refractivity contribution in [2.24, 2.45) is 10.2 Å². The maximum absolute atomic E-state index is 12.0. The van der Waals surface area contributed by atoms with Gasteiger partial charge in [-0.3, -0.25) is 9.59 Å². The van der Waals surface area contributed by atoms with Gasteiger partial charge in [0.05, 0.1) is 25.0 Å². The van der Waals surface area contributed by atoms with Crippen LogP contribution in [0.2, 0.25) is 0 Å². The zero-order valence-electron chi connectivity index (χ0n) is 13.5. The van der Waals surface area contributed by atoms with Crippen molar-refractivity contribution in [3.8, 4) is 0 Å². The third-order valence-corrected chi connectivity index (χ3v) is 3.21. The van der Waals surface area contributed by atoms with Crippen molar-refractivity contribution in [2.45, 2.75) is 0 Å². The second-order valence-corrected chi connectivity index (χ2v) is 5.01. The van der Waals surface area contributed by atoms with Crippen molar-refractivity contribution in [1.82, 2.24) is 10.9 Å². The molecule has 0 fully saturated rings. The van der Waals surface area contributed by atoms with Gasteiger partial charge in [-0.05, 0) is 48.5 Å². The highest BCUT2D eigenvalue weighted by molar-refractivity contribution is 5.98. The lowest BCUT2D eigenvalue weighted by Gasteiger charge is -2.02. The summed E-state index contributed by atoms with van der Waals surface area (Å²) in [5, 5.41) is 7.57. The van der Waals surface area contributed by atoms with Gasteiger partial charge >= 0.3 is 0 Å². The van der Waals surface area contributed by atoms with E-state index in [1.807, 2.05) is 0 Å². The third kappa shape index (κ3) is 4.54. The number of amides is 2. The number of hydrogen-bond acceptors (Lipinski definition) is 6. The highest BCUT2D eigenvalue weighted by Crippen LogP contribution is 2.05. The summed E-state index contributed by atoms with van der Waals surface area (Å²) in [7, 11) is 0. The van der Waals surface area contributed by atoms with E-state index in [1.165, 1.54) is 49.2 Å². The van der Waals surface area contributed by atoms with E-state index in [4.69, 9.17) is 8.83 Å². The van der Waals surface area contributed by atoms with Gasteiger partial charge in [-0.2, -0.15) is 10.2 Å². The van der Waals surface area contributed by atoms with Crippen LogP contribution >= 0.6 is 0 Å². The van der Waals surface area contributed by atoms with E-state index in [0.29, 0.717) is 22.6 Å². The molecular formula is C18H14N4O4. The summed E-state index contributed by atoms with van der Waals surface area (Å²) in [5.74, 6) is 0.228. The standard InChI is InChI=1S/C18H14N4O4/c23-17(21-19-11-15-3-1-9-25-15)13-5-7-14(8-6-13)18(24)22-20-12-16-4-2-10-26-16/h1-12H,(H,21,23)(H,22,24)/b19-11-,20-12-. The number of furan rings is 2. The molecule has 0 aliphatic carbocycles. The SMILES string of the molecule is O=C(N/N=C\c1ccco1)c1ccc(C(=O)N/N=C\c2ccco2)cc1. The maximum atomic E-state index is 12.0. The van der Waals surface area contributed by atoms with Crippen LogP contribution < -0.4 is 10.9 Å². The smallest absolute Gasteiger partial charge is 0.271 e. The Morgan fingerprint density at radius 3 is 1.50 bits per heavy atom. The third-order valence-electron chi connectivity index (χ3n) is 3.21. The summed E-state index contributed by atoms with van der Waals surface area (Å²) < 4.78 is 10.1. The molecule has 8 heteroatoms. The molecule has 2 N–H and O–H groups in total. The first-order valence-corrected chi connectivity index (χ1v) is 7.56. The van der Waals surface area contributed by atoms with E-state index in [9.17, 15) is 9.59 Å². The Morgan fingerprint density at radius 1 is 0.731 bits per heavy atom. The van der Waals surface area contributed by atoms with Crippen LogP contribution in [0, 0.1) is 0 Å². The Labute approximate surface area is 148 Å². The van der Waals surface area contributed by atoms with E-state index in [-0.39, 0.29) is 0 Å². The molecule has 2 heterocycles. The number of carbonyl (C=O) groups excluding carboxylic acids is 2. The molecule has 3 rings (SSSR count). The van der Waals surface area contributed by atoms with Crippen LogP contribution in [0.4, 0.5) is 0 Å². The van der Waals surface area contributed by atoms with Gasteiger partial charge in [0.25, 0.3) is 11.8 Å². The molecule has 0 bridgehead atoms. The lowest BCUT2D eigenvalue weighted by Crippen LogP contribution is -2.19. The zero-order valence-corrected chi connectivity index (χ0v) is 13.5. The lowest BCUT2D eigenvalue weighted by atomic mass is 10.1. The average Bonchev–Trinajstić information content (AvgIpc) is 3.36. The van der Waals surface area contributed by atoms with Crippen molar-refractivity contribution in [3.05, 3.63) is 83.7 Å². The van der Waals surface area contributed by atoms with Crippen LogP contribution in [0.3, 0.4) is 0 Å². The van der Waals surface area contributed by atoms with Gasteiger partial charge in [0.1, 0.15) is 11.5 Å². The zero-order chi connectivity index (χ0) is 18.2. The van der Waals surface area contributed by atoms with E-state index in [1.54, 1.807) is 24.3 Å². The van der Waals surface area contributed by atoms with Crippen LogP contribution in [0.25, 0.3) is 0 Å². The van der Waals surface area contributed by atoms with Gasteiger partial charge in [0, 0.05) is 11.1 Å². The fourth-order valence-corrected chi connectivity index (χ4v) is 1.94. The highest BCUT2D eigenvalue weighted by Gasteiger charge is 2.08. The Morgan fingerprint density at radius 2 is 1.15 bits per heavy atom. The van der Waals surface area contributed by atoms with Crippen molar-refractivity contribution < 1.29 is 18.4 Å². The molecule has 0 unspecified atom stereocenters. The van der Waals surface area contributed by atoms with Crippen LogP contribution in [0.5, 0.6) is 0 Å². The van der Waals surface area contributed by atoms with Gasteiger partial charge in [0.2, 0.25) is 0 Å². The van der Waals surface area contributed by atoms with Gasteiger partial charge in [0.15, 0.2) is 0 Å². The van der Waals surface area contributed by atoms with Crippen LogP contribution in [-0.2, 0) is 0 Å². The highest BCUT2D eigenvalue weighted by atomic mass is 16.3. The number of rotatable bonds is 6. The second kappa shape index (κ2) is 8.25. The molecule has 130 valence electrons. The summed E-state index contributed by atoms with van der Waals surface area (Å²) in [4.78, 5) is 23.9. The summed E-state index contributed by atoms with van der Waals surface area (Å²) in [6.07, 6.45) is 5.78. The number of hydrazone groups is 2. The van der Waals surface area contributed by atoms with Crippen molar-refractivity contribution in [2.75, 3.05) is 0 Å². The largest absolute Gasteiger partial charge is 0.463 e. The number of nitrogens with zero attached hydrogens (tertiary/aromatic N) is 2. The number of hydrogen-bond donors (Lipinski definition) is 2. The molecule has 2 amide bonds. The molecule has 26 heavy (non-hydrogen) atoms. The first-order valence-electron chi connectivity index (χ1n) is 7.56. The summed E-state index contributed by atoms with van der Waals surface area (Å²) >= 11 is 0. The second-order valence-electron chi connectivity index (χ2n) is 5.01. The van der Waals surface area contributed by atoms with Gasteiger partial charge < -0.3 is 8.83 Å².